The summed E-state index contributed by atoms with van der Waals surface area (Å²) in [5.41, 5.74) is 6.77. The smallest absolute Gasteiger partial charge is 0.416 e. The summed E-state index contributed by atoms with van der Waals surface area (Å²) in [6.45, 7) is 5.65. The average molecular weight is 809 g/mol. The van der Waals surface area contributed by atoms with Gasteiger partial charge in [0.15, 0.2) is 11.6 Å². The standard InChI is InChI=1S/C19H17F3N6O.C13H10F3N3O2.C5H7N3/c1-12-5-15(7-16(6-12)19(20,21)22)18-26-11-28(27-18)4-3-17(29)25-10-14-8-23-13(2)24-9-14;1-8-4-9(6-10(5-8)13(14,15)16)12-17-7-19(18-12)3-2-11(20)21;6-1-5-2-7-4-8-3-5/h3-9,11H,10H2,1-2H3,(H,25,29);2-7H,1H3,(H,20,21);2-4H,1,6H2/b4-3-;3-2-;. The van der Waals surface area contributed by atoms with Crippen LogP contribution in [0.25, 0.3) is 35.2 Å². The SMILES string of the molecule is Cc1cc(-c2ncn(/C=C\C(=O)NCc3cnc(C)nc3)n2)cc(C(F)(F)F)c1.Cc1cc(-c2ncn(/C=C\C(=O)O)n2)cc(C(F)(F)F)c1.NCc1cncnc1. The fourth-order valence-corrected chi connectivity index (χ4v) is 4.59. The molecule has 0 unspecified atom stereocenters. The number of nitrogens with two attached hydrogens (primary N) is 1. The molecule has 0 spiro atoms. The van der Waals surface area contributed by atoms with Crippen LogP contribution in [0.5, 0.6) is 0 Å². The Morgan fingerprint density at radius 1 is 0.707 bits per heavy atom. The van der Waals surface area contributed by atoms with Gasteiger partial charge in [0, 0.05) is 84.7 Å². The van der Waals surface area contributed by atoms with E-state index in [0.717, 1.165) is 52.4 Å². The van der Waals surface area contributed by atoms with Crippen LogP contribution in [0.15, 0.2) is 92.3 Å². The second-order valence-electron chi connectivity index (χ2n) is 12.0. The van der Waals surface area contributed by atoms with Crippen LogP contribution in [0.3, 0.4) is 0 Å². The number of hydrogen-bond donors (Lipinski definition) is 3. The summed E-state index contributed by atoms with van der Waals surface area (Å²) in [5, 5.41) is 19.2. The van der Waals surface area contributed by atoms with Crippen molar-refractivity contribution in [3.63, 3.8) is 0 Å². The summed E-state index contributed by atoms with van der Waals surface area (Å²) >= 11 is 0. The molecule has 1 amide bonds. The van der Waals surface area contributed by atoms with E-state index in [1.54, 1.807) is 51.6 Å². The number of hydrogen-bond acceptors (Lipinski definition) is 11. The summed E-state index contributed by atoms with van der Waals surface area (Å²) in [6, 6.07) is 7.12. The molecule has 0 aliphatic rings. The lowest BCUT2D eigenvalue weighted by Crippen LogP contribution is -2.20. The Hall–Kier alpha value is -7.16. The third kappa shape index (κ3) is 13.8. The number of halogens is 6. The number of nitrogens with zero attached hydrogens (tertiary/aromatic N) is 10. The number of amides is 1. The number of carbonyl (C=O) groups is 2. The molecule has 15 nitrogen and oxygen atoms in total. The molecule has 0 radical (unpaired) electrons. The van der Waals surface area contributed by atoms with E-state index in [1.165, 1.54) is 42.0 Å². The zero-order chi connectivity index (χ0) is 42.5. The van der Waals surface area contributed by atoms with E-state index in [9.17, 15) is 35.9 Å². The molecule has 0 saturated heterocycles. The summed E-state index contributed by atoms with van der Waals surface area (Å²) in [6.07, 6.45) is 6.32. The number of carbonyl (C=O) groups excluding carboxylic acids is 1. The van der Waals surface area contributed by atoms with E-state index in [1.807, 2.05) is 0 Å². The lowest BCUT2D eigenvalue weighted by molar-refractivity contribution is -0.138. The molecule has 58 heavy (non-hydrogen) atoms. The zero-order valence-corrected chi connectivity index (χ0v) is 30.8. The lowest BCUT2D eigenvalue weighted by Gasteiger charge is -2.09. The van der Waals surface area contributed by atoms with Crippen molar-refractivity contribution in [1.29, 1.82) is 0 Å². The lowest BCUT2D eigenvalue weighted by atomic mass is 10.1. The van der Waals surface area contributed by atoms with Gasteiger partial charge in [0.25, 0.3) is 0 Å². The molecule has 0 saturated carbocycles. The maximum absolute atomic E-state index is 13.0. The third-order valence-corrected chi connectivity index (χ3v) is 7.24. The van der Waals surface area contributed by atoms with Gasteiger partial charge in [-0.1, -0.05) is 0 Å². The molecular weight excluding hydrogens is 774 g/mol. The van der Waals surface area contributed by atoms with Gasteiger partial charge < -0.3 is 16.2 Å². The quantitative estimate of drug-likeness (QED) is 0.115. The highest BCUT2D eigenvalue weighted by molar-refractivity contribution is 5.90. The fourth-order valence-electron chi connectivity index (χ4n) is 4.59. The molecule has 302 valence electrons. The molecule has 6 aromatic rings. The molecule has 4 heterocycles. The summed E-state index contributed by atoms with van der Waals surface area (Å²) < 4.78 is 79.6. The van der Waals surface area contributed by atoms with Gasteiger partial charge in [0.2, 0.25) is 5.91 Å². The van der Waals surface area contributed by atoms with Gasteiger partial charge in [-0.3, -0.25) is 4.79 Å². The molecule has 0 atom stereocenters. The first-order chi connectivity index (χ1) is 27.4. The van der Waals surface area contributed by atoms with Gasteiger partial charge in [-0.15, -0.1) is 10.2 Å². The predicted octanol–water partition coefficient (Wildman–Crippen LogP) is 5.92. The zero-order valence-electron chi connectivity index (χ0n) is 30.8. The number of aliphatic carboxylic acids is 1. The fraction of sp³-hybridized carbons (Fsp3) is 0.189. The Balaban J connectivity index is 0.000000222. The maximum Gasteiger partial charge on any atom is 0.416 e. The monoisotopic (exact) mass is 808 g/mol. The first-order valence-electron chi connectivity index (χ1n) is 16.7. The number of benzene rings is 2. The van der Waals surface area contributed by atoms with E-state index < -0.39 is 29.4 Å². The highest BCUT2D eigenvalue weighted by Crippen LogP contribution is 2.33. The van der Waals surface area contributed by atoms with Crippen LogP contribution in [0.4, 0.5) is 26.3 Å². The van der Waals surface area contributed by atoms with Crippen molar-refractivity contribution in [1.82, 2.24) is 54.8 Å². The molecule has 4 aromatic heterocycles. The molecule has 4 N–H and O–H groups in total. The van der Waals surface area contributed by atoms with Gasteiger partial charge in [-0.25, -0.2) is 44.1 Å². The Bertz CT molecular complexity index is 2360. The minimum Gasteiger partial charge on any atom is -0.478 e. The summed E-state index contributed by atoms with van der Waals surface area (Å²) in [5.74, 6) is -0.697. The van der Waals surface area contributed by atoms with Crippen molar-refractivity contribution < 1.29 is 41.0 Å². The number of aromatic nitrogens is 10. The minimum absolute atomic E-state index is 0.0826. The first kappa shape index (κ1) is 43.6. The largest absolute Gasteiger partial charge is 0.478 e. The average Bonchev–Trinajstić information content (AvgIpc) is 3.86. The van der Waals surface area contributed by atoms with Crippen LogP contribution < -0.4 is 11.1 Å². The molecule has 21 heteroatoms. The number of alkyl halides is 6. The van der Waals surface area contributed by atoms with E-state index in [4.69, 9.17) is 10.8 Å². The predicted molar refractivity (Wildman–Crippen MR) is 197 cm³/mol. The molecule has 2 aromatic carbocycles. The molecule has 0 bridgehead atoms. The number of aryl methyl sites for hydroxylation is 3. The van der Waals surface area contributed by atoms with E-state index >= 15 is 0 Å². The first-order valence-corrected chi connectivity index (χ1v) is 16.7. The van der Waals surface area contributed by atoms with Crippen molar-refractivity contribution in [2.75, 3.05) is 0 Å². The van der Waals surface area contributed by atoms with Crippen LogP contribution in [0.1, 0.15) is 39.2 Å². The number of carboxylic acids is 1. The van der Waals surface area contributed by atoms with E-state index in [2.05, 4.69) is 45.4 Å². The number of carboxylic acid groups (broad SMARTS) is 1. The Morgan fingerprint density at radius 3 is 1.62 bits per heavy atom. The highest BCUT2D eigenvalue weighted by atomic mass is 19.4. The molecule has 0 aliphatic heterocycles. The molecule has 0 aliphatic carbocycles. The molecule has 6 rings (SSSR count). The van der Waals surface area contributed by atoms with Crippen molar-refractivity contribution in [2.24, 2.45) is 5.73 Å². The second kappa shape index (κ2) is 19.6. The van der Waals surface area contributed by atoms with Crippen LogP contribution in [0, 0.1) is 20.8 Å². The van der Waals surface area contributed by atoms with Crippen LogP contribution in [0.2, 0.25) is 0 Å². The van der Waals surface area contributed by atoms with Gasteiger partial charge in [-0.2, -0.15) is 26.3 Å². The van der Waals surface area contributed by atoms with Crippen LogP contribution >= 0.6 is 0 Å². The van der Waals surface area contributed by atoms with Crippen molar-refractivity contribution in [3.8, 4) is 22.8 Å². The van der Waals surface area contributed by atoms with Gasteiger partial charge in [0.05, 0.1) is 11.1 Å². The van der Waals surface area contributed by atoms with Gasteiger partial charge in [-0.05, 0) is 68.3 Å². The van der Waals surface area contributed by atoms with Crippen molar-refractivity contribution in [2.45, 2.75) is 46.2 Å². The Labute approximate surface area is 326 Å². The van der Waals surface area contributed by atoms with Crippen LogP contribution in [-0.4, -0.2) is 66.4 Å². The highest BCUT2D eigenvalue weighted by Gasteiger charge is 2.32. The topological polar surface area (TPSA) is 205 Å². The number of rotatable bonds is 9. The Morgan fingerprint density at radius 2 is 1.19 bits per heavy atom. The van der Waals surface area contributed by atoms with E-state index in [-0.39, 0.29) is 35.2 Å². The summed E-state index contributed by atoms with van der Waals surface area (Å²) in [7, 11) is 0. The van der Waals surface area contributed by atoms with Gasteiger partial charge in [0.1, 0.15) is 24.8 Å². The second-order valence-corrected chi connectivity index (χ2v) is 12.0. The van der Waals surface area contributed by atoms with Crippen molar-refractivity contribution >= 4 is 24.3 Å². The minimum atomic E-state index is -4.45. The maximum atomic E-state index is 13.0. The van der Waals surface area contributed by atoms with E-state index in [0.29, 0.717) is 23.5 Å². The van der Waals surface area contributed by atoms with Crippen LogP contribution in [-0.2, 0) is 35.0 Å². The third-order valence-electron chi connectivity index (χ3n) is 7.24. The molecular formula is C37H34F6N12O3. The van der Waals surface area contributed by atoms with Gasteiger partial charge >= 0.3 is 18.3 Å². The summed E-state index contributed by atoms with van der Waals surface area (Å²) in [4.78, 5) is 45.8. The Kier molecular flexibility index (Phi) is 14.7. The van der Waals surface area contributed by atoms with Crippen molar-refractivity contribution in [3.05, 3.63) is 132 Å². The number of nitrogens with one attached hydrogen (secondary N) is 1. The normalized spacial score (nSPS) is 11.5. The molecule has 0 fully saturated rings.